The van der Waals surface area contributed by atoms with Gasteiger partial charge in [0, 0.05) is 30.8 Å². The molecule has 0 spiro atoms. The number of nitrogens with zero attached hydrogens (tertiary/aromatic N) is 4. The zero-order valence-corrected chi connectivity index (χ0v) is 17.3. The smallest absolute Gasteiger partial charge is 0.302 e. The summed E-state index contributed by atoms with van der Waals surface area (Å²) >= 11 is 1.22. The lowest BCUT2D eigenvalue weighted by Gasteiger charge is -2.23. The highest BCUT2D eigenvalue weighted by Gasteiger charge is 2.29. The van der Waals surface area contributed by atoms with E-state index in [2.05, 4.69) is 10.4 Å². The molecule has 3 aromatic rings. The predicted molar refractivity (Wildman–Crippen MR) is 115 cm³/mol. The second kappa shape index (κ2) is 7.64. The Kier molecular flexibility index (Phi) is 4.82. The van der Waals surface area contributed by atoms with Crippen molar-refractivity contribution in [2.45, 2.75) is 12.8 Å². The summed E-state index contributed by atoms with van der Waals surface area (Å²) in [5, 5.41) is 8.77. The minimum Gasteiger partial charge on any atom is -0.461 e. The second-order valence-corrected chi connectivity index (χ2v) is 8.39. The molecule has 2 aliphatic rings. The van der Waals surface area contributed by atoms with Crippen LogP contribution in [0.25, 0.3) is 22.6 Å². The number of amides is 2. The zero-order valence-electron chi connectivity index (χ0n) is 16.5. The number of benzene rings is 1. The molecular weight excluding hydrogens is 402 g/mol. The van der Waals surface area contributed by atoms with Crippen LogP contribution in [0.1, 0.15) is 18.4 Å². The molecule has 1 aliphatic carbocycles. The van der Waals surface area contributed by atoms with E-state index in [1.165, 1.54) is 16.8 Å². The van der Waals surface area contributed by atoms with Gasteiger partial charge in [0.25, 0.3) is 0 Å². The van der Waals surface area contributed by atoms with E-state index in [-0.39, 0.29) is 17.1 Å². The molecule has 1 aliphatic heterocycles. The molecule has 1 saturated carbocycles. The minimum atomic E-state index is -0.0987. The maximum absolute atomic E-state index is 12.2. The standard InChI is InChI=1S/C21H21N5O3S/c1-25-17-7-6-14(11-15(17)23-19(25)18-3-2-10-29-18)16-12-30-21(28)26(24-16)9-8-22-20(27)13-4-5-13/h2-3,6-7,10-11,13H,4-5,8-9,12H2,1H3,(H,22,27). The van der Waals surface area contributed by atoms with Gasteiger partial charge in [0.1, 0.15) is 0 Å². The average molecular weight is 423 g/mol. The molecule has 0 unspecified atom stereocenters. The first kappa shape index (κ1) is 18.9. The van der Waals surface area contributed by atoms with Crippen molar-refractivity contribution in [3.63, 3.8) is 0 Å². The Labute approximate surface area is 177 Å². The topological polar surface area (TPSA) is 92.7 Å². The van der Waals surface area contributed by atoms with Gasteiger partial charge in [-0.25, -0.2) is 9.99 Å². The third-order valence-corrected chi connectivity index (χ3v) is 6.19. The Morgan fingerprint density at radius 3 is 2.97 bits per heavy atom. The lowest BCUT2D eigenvalue weighted by molar-refractivity contribution is -0.122. The molecule has 5 rings (SSSR count). The van der Waals surface area contributed by atoms with E-state index in [1.807, 2.05) is 41.9 Å². The molecule has 1 aromatic carbocycles. The summed E-state index contributed by atoms with van der Waals surface area (Å²) in [6.45, 7) is 0.770. The lowest BCUT2D eigenvalue weighted by atomic mass is 10.1. The van der Waals surface area contributed by atoms with E-state index in [0.717, 1.165) is 41.0 Å². The van der Waals surface area contributed by atoms with Crippen molar-refractivity contribution in [2.75, 3.05) is 18.8 Å². The van der Waals surface area contributed by atoms with Gasteiger partial charge in [-0.3, -0.25) is 9.59 Å². The van der Waals surface area contributed by atoms with Crippen molar-refractivity contribution in [1.29, 1.82) is 0 Å². The maximum atomic E-state index is 12.2. The van der Waals surface area contributed by atoms with E-state index in [4.69, 9.17) is 9.40 Å². The molecule has 154 valence electrons. The lowest BCUT2D eigenvalue weighted by Crippen LogP contribution is -2.37. The molecule has 8 nitrogen and oxygen atoms in total. The average Bonchev–Trinajstić information content (AvgIpc) is 3.37. The van der Waals surface area contributed by atoms with Crippen LogP contribution in [-0.4, -0.2) is 50.3 Å². The van der Waals surface area contributed by atoms with Crippen LogP contribution in [0.3, 0.4) is 0 Å². The molecule has 2 aromatic heterocycles. The monoisotopic (exact) mass is 423 g/mol. The van der Waals surface area contributed by atoms with Crippen LogP contribution in [0.4, 0.5) is 4.79 Å². The van der Waals surface area contributed by atoms with Crippen LogP contribution in [0.5, 0.6) is 0 Å². The summed E-state index contributed by atoms with van der Waals surface area (Å²) in [5.41, 5.74) is 3.58. The van der Waals surface area contributed by atoms with Gasteiger partial charge in [-0.2, -0.15) is 5.10 Å². The number of nitrogens with one attached hydrogen (secondary N) is 1. The number of furan rings is 1. The Hall–Kier alpha value is -3.07. The van der Waals surface area contributed by atoms with Crippen molar-refractivity contribution in [3.05, 3.63) is 42.2 Å². The van der Waals surface area contributed by atoms with Crippen molar-refractivity contribution >= 4 is 39.7 Å². The number of hydrazone groups is 1. The molecular formula is C21H21N5O3S. The van der Waals surface area contributed by atoms with Crippen molar-refractivity contribution in [1.82, 2.24) is 19.9 Å². The number of hydrogen-bond donors (Lipinski definition) is 1. The van der Waals surface area contributed by atoms with Gasteiger partial charge < -0.3 is 14.3 Å². The van der Waals surface area contributed by atoms with E-state index in [1.54, 1.807) is 6.26 Å². The highest BCUT2D eigenvalue weighted by Crippen LogP contribution is 2.29. The molecule has 0 atom stereocenters. The number of carbonyl (C=O) groups is 2. The molecule has 1 N–H and O–H groups in total. The second-order valence-electron chi connectivity index (χ2n) is 7.46. The number of carbonyl (C=O) groups excluding carboxylic acids is 2. The van der Waals surface area contributed by atoms with Gasteiger partial charge in [0.15, 0.2) is 11.6 Å². The number of fused-ring (bicyclic) bond motifs is 1. The highest BCUT2D eigenvalue weighted by molar-refractivity contribution is 8.14. The Morgan fingerprint density at radius 2 is 2.20 bits per heavy atom. The van der Waals surface area contributed by atoms with Crippen molar-refractivity contribution in [3.8, 4) is 11.6 Å². The fourth-order valence-corrected chi connectivity index (χ4v) is 4.25. The maximum Gasteiger partial charge on any atom is 0.302 e. The van der Waals surface area contributed by atoms with Gasteiger partial charge in [0.2, 0.25) is 5.91 Å². The fourth-order valence-electron chi connectivity index (χ4n) is 3.48. The Morgan fingerprint density at radius 1 is 1.33 bits per heavy atom. The summed E-state index contributed by atoms with van der Waals surface area (Å²) in [7, 11) is 1.96. The third kappa shape index (κ3) is 3.60. The van der Waals surface area contributed by atoms with E-state index in [0.29, 0.717) is 24.6 Å². The predicted octanol–water partition coefficient (Wildman–Crippen LogP) is 3.23. The van der Waals surface area contributed by atoms with Gasteiger partial charge >= 0.3 is 5.24 Å². The van der Waals surface area contributed by atoms with E-state index in [9.17, 15) is 9.59 Å². The fraction of sp³-hybridized carbons (Fsp3) is 0.333. The quantitative estimate of drug-likeness (QED) is 0.657. The first-order valence-electron chi connectivity index (χ1n) is 9.90. The number of imidazole rings is 1. The molecule has 0 radical (unpaired) electrons. The molecule has 9 heteroatoms. The first-order chi connectivity index (χ1) is 14.6. The number of rotatable bonds is 6. The number of aryl methyl sites for hydroxylation is 1. The SMILES string of the molecule is Cn1c(-c2ccco2)nc2cc(C3=NN(CCNC(=O)C4CC4)C(=O)SC3)ccc21. The van der Waals surface area contributed by atoms with Crippen LogP contribution < -0.4 is 5.32 Å². The van der Waals surface area contributed by atoms with Crippen LogP contribution >= 0.6 is 11.8 Å². The van der Waals surface area contributed by atoms with Gasteiger partial charge in [-0.05, 0) is 37.1 Å². The van der Waals surface area contributed by atoms with Crippen LogP contribution in [0, 0.1) is 5.92 Å². The molecule has 0 saturated heterocycles. The first-order valence-corrected chi connectivity index (χ1v) is 10.9. The number of hydrogen-bond acceptors (Lipinski definition) is 6. The van der Waals surface area contributed by atoms with Gasteiger partial charge in [0.05, 0.1) is 29.6 Å². The normalized spacial score (nSPS) is 16.8. The molecule has 3 heterocycles. The third-order valence-electron chi connectivity index (χ3n) is 5.31. The minimum absolute atomic E-state index is 0.0734. The Balaban J connectivity index is 1.36. The summed E-state index contributed by atoms with van der Waals surface area (Å²) in [5.74, 6) is 2.21. The van der Waals surface area contributed by atoms with Crippen molar-refractivity contribution < 1.29 is 14.0 Å². The van der Waals surface area contributed by atoms with Gasteiger partial charge in [-0.1, -0.05) is 17.8 Å². The Bertz CT molecular complexity index is 1150. The van der Waals surface area contributed by atoms with Crippen LogP contribution in [-0.2, 0) is 11.8 Å². The molecule has 1 fully saturated rings. The van der Waals surface area contributed by atoms with E-state index >= 15 is 0 Å². The molecule has 2 amide bonds. The number of thioether (sulfide) groups is 1. The summed E-state index contributed by atoms with van der Waals surface area (Å²) in [4.78, 5) is 28.7. The van der Waals surface area contributed by atoms with E-state index < -0.39 is 0 Å². The van der Waals surface area contributed by atoms with Gasteiger partial charge in [-0.15, -0.1) is 0 Å². The zero-order chi connectivity index (χ0) is 20.7. The molecule has 0 bridgehead atoms. The largest absolute Gasteiger partial charge is 0.461 e. The molecule has 30 heavy (non-hydrogen) atoms. The number of aromatic nitrogens is 2. The van der Waals surface area contributed by atoms with Crippen LogP contribution in [0.2, 0.25) is 0 Å². The summed E-state index contributed by atoms with van der Waals surface area (Å²) in [6, 6.07) is 9.72. The summed E-state index contributed by atoms with van der Waals surface area (Å²) in [6.07, 6.45) is 3.56. The highest BCUT2D eigenvalue weighted by atomic mass is 32.2. The van der Waals surface area contributed by atoms with Crippen molar-refractivity contribution in [2.24, 2.45) is 18.1 Å². The summed E-state index contributed by atoms with van der Waals surface area (Å²) < 4.78 is 7.48. The van der Waals surface area contributed by atoms with Crippen LogP contribution in [0.15, 0.2) is 46.1 Å².